The number of ether oxygens (including phenoxy) is 1. The Morgan fingerprint density at radius 2 is 1.70 bits per heavy atom. The summed E-state index contributed by atoms with van der Waals surface area (Å²) < 4.78 is 32.3. The zero-order valence-electron chi connectivity index (χ0n) is 11.1. The molecule has 2 N–H and O–H groups in total. The van der Waals surface area contributed by atoms with E-state index in [9.17, 15) is 8.78 Å². The largest absolute Gasteiger partial charge is 0.485 e. The van der Waals surface area contributed by atoms with Crippen LogP contribution in [0.2, 0.25) is 0 Å². The average Bonchev–Trinajstić information content (AvgIpc) is 2.37. The molecule has 1 aliphatic heterocycles. The third kappa shape index (κ3) is 2.27. The highest BCUT2D eigenvalue weighted by atomic mass is 19.1. The summed E-state index contributed by atoms with van der Waals surface area (Å²) >= 11 is 0. The van der Waals surface area contributed by atoms with Crippen LogP contribution in [0.15, 0.2) is 36.4 Å². The Balaban J connectivity index is 1.98. The molecule has 0 bridgehead atoms. The van der Waals surface area contributed by atoms with Crippen LogP contribution in [0, 0.1) is 18.6 Å². The van der Waals surface area contributed by atoms with Gasteiger partial charge in [0.05, 0.1) is 0 Å². The van der Waals surface area contributed by atoms with Crippen LogP contribution in [0.4, 0.5) is 8.78 Å². The summed E-state index contributed by atoms with van der Waals surface area (Å²) in [5, 5.41) is 0. The van der Waals surface area contributed by atoms with Crippen LogP contribution in [0.5, 0.6) is 5.75 Å². The van der Waals surface area contributed by atoms with Crippen LogP contribution in [0.1, 0.15) is 35.3 Å². The van der Waals surface area contributed by atoms with Crippen molar-refractivity contribution >= 4 is 0 Å². The first kappa shape index (κ1) is 13.1. The lowest BCUT2D eigenvalue weighted by Gasteiger charge is -2.31. The van der Waals surface area contributed by atoms with E-state index in [0.29, 0.717) is 12.2 Å². The van der Waals surface area contributed by atoms with Gasteiger partial charge in [0.1, 0.15) is 23.5 Å². The second-order valence-electron chi connectivity index (χ2n) is 5.13. The van der Waals surface area contributed by atoms with Crippen LogP contribution >= 0.6 is 0 Å². The zero-order valence-corrected chi connectivity index (χ0v) is 11.1. The summed E-state index contributed by atoms with van der Waals surface area (Å²) in [4.78, 5) is 0. The van der Waals surface area contributed by atoms with Gasteiger partial charge in [-0.25, -0.2) is 8.78 Å². The van der Waals surface area contributed by atoms with Gasteiger partial charge in [-0.2, -0.15) is 0 Å². The molecule has 0 aromatic heterocycles. The Morgan fingerprint density at radius 3 is 2.40 bits per heavy atom. The van der Waals surface area contributed by atoms with Gasteiger partial charge in [0.2, 0.25) is 0 Å². The fraction of sp³-hybridized carbons (Fsp3) is 0.250. The number of hydrogen-bond acceptors (Lipinski definition) is 2. The summed E-state index contributed by atoms with van der Waals surface area (Å²) in [6, 6.07) is 8.74. The number of rotatable bonds is 1. The molecule has 0 aliphatic carbocycles. The van der Waals surface area contributed by atoms with Crippen molar-refractivity contribution in [2.24, 2.45) is 5.73 Å². The maximum absolute atomic E-state index is 13.3. The van der Waals surface area contributed by atoms with Crippen LogP contribution in [0.3, 0.4) is 0 Å². The number of aryl methyl sites for hydroxylation is 1. The van der Waals surface area contributed by atoms with E-state index >= 15 is 0 Å². The van der Waals surface area contributed by atoms with Crippen molar-refractivity contribution in [3.05, 3.63) is 64.7 Å². The molecule has 20 heavy (non-hydrogen) atoms. The SMILES string of the molecule is Cc1cc(F)ccc1C1C[C@H](N)c2ccc(F)cc2O1. The number of fused-ring (bicyclic) bond motifs is 1. The summed E-state index contributed by atoms with van der Waals surface area (Å²) in [5.74, 6) is -0.164. The molecule has 1 heterocycles. The first-order chi connectivity index (χ1) is 9.54. The Morgan fingerprint density at radius 1 is 1.05 bits per heavy atom. The van der Waals surface area contributed by atoms with Gasteiger partial charge in [0, 0.05) is 24.1 Å². The molecule has 0 spiro atoms. The molecule has 2 aromatic carbocycles. The van der Waals surface area contributed by atoms with Crippen molar-refractivity contribution in [1.29, 1.82) is 0 Å². The topological polar surface area (TPSA) is 35.2 Å². The van der Waals surface area contributed by atoms with Crippen molar-refractivity contribution in [2.45, 2.75) is 25.5 Å². The van der Waals surface area contributed by atoms with Gasteiger partial charge in [-0.05, 0) is 36.2 Å². The molecule has 1 unspecified atom stereocenters. The molecule has 0 saturated heterocycles. The first-order valence-corrected chi connectivity index (χ1v) is 6.52. The van der Waals surface area contributed by atoms with Crippen molar-refractivity contribution in [2.75, 3.05) is 0 Å². The molecular weight excluding hydrogens is 260 g/mol. The standard InChI is InChI=1S/C16H15F2NO/c1-9-6-10(17)2-4-12(9)16-8-14(19)13-5-3-11(18)7-15(13)20-16/h2-7,14,16H,8,19H2,1H3/t14-,16?/m0/s1. The molecule has 0 amide bonds. The number of benzene rings is 2. The van der Waals surface area contributed by atoms with E-state index in [0.717, 1.165) is 16.7 Å². The van der Waals surface area contributed by atoms with Gasteiger partial charge in [-0.3, -0.25) is 0 Å². The van der Waals surface area contributed by atoms with Crippen LogP contribution in [0.25, 0.3) is 0 Å². The molecule has 104 valence electrons. The van der Waals surface area contributed by atoms with Gasteiger partial charge in [0.25, 0.3) is 0 Å². The Kier molecular flexibility index (Phi) is 3.18. The van der Waals surface area contributed by atoms with E-state index in [2.05, 4.69) is 0 Å². The second-order valence-corrected chi connectivity index (χ2v) is 5.13. The van der Waals surface area contributed by atoms with E-state index < -0.39 is 0 Å². The lowest BCUT2D eigenvalue weighted by Crippen LogP contribution is -2.24. The highest BCUT2D eigenvalue weighted by Crippen LogP contribution is 2.40. The first-order valence-electron chi connectivity index (χ1n) is 6.52. The van der Waals surface area contributed by atoms with Crippen LogP contribution in [-0.4, -0.2) is 0 Å². The Labute approximate surface area is 116 Å². The Hall–Kier alpha value is -1.94. The van der Waals surface area contributed by atoms with Crippen molar-refractivity contribution in [3.63, 3.8) is 0 Å². The fourth-order valence-corrected chi connectivity index (χ4v) is 2.67. The molecule has 2 atom stereocenters. The van der Waals surface area contributed by atoms with Crippen molar-refractivity contribution in [3.8, 4) is 5.75 Å². The van der Waals surface area contributed by atoms with Gasteiger partial charge in [-0.1, -0.05) is 12.1 Å². The highest BCUT2D eigenvalue weighted by molar-refractivity contribution is 5.40. The van der Waals surface area contributed by atoms with E-state index in [1.54, 1.807) is 12.1 Å². The molecule has 0 radical (unpaired) electrons. The predicted molar refractivity (Wildman–Crippen MR) is 72.5 cm³/mol. The molecule has 3 rings (SSSR count). The molecule has 0 fully saturated rings. The molecule has 2 nitrogen and oxygen atoms in total. The number of nitrogens with two attached hydrogens (primary N) is 1. The van der Waals surface area contributed by atoms with Gasteiger partial charge >= 0.3 is 0 Å². The molecule has 2 aromatic rings. The Bertz CT molecular complexity index is 657. The third-order valence-corrected chi connectivity index (χ3v) is 3.69. The minimum Gasteiger partial charge on any atom is -0.485 e. The van der Waals surface area contributed by atoms with Gasteiger partial charge in [-0.15, -0.1) is 0 Å². The lowest BCUT2D eigenvalue weighted by atomic mass is 9.91. The zero-order chi connectivity index (χ0) is 14.3. The summed E-state index contributed by atoms with van der Waals surface area (Å²) in [6.45, 7) is 1.83. The smallest absolute Gasteiger partial charge is 0.127 e. The van der Waals surface area contributed by atoms with Gasteiger partial charge < -0.3 is 10.5 Å². The van der Waals surface area contributed by atoms with Crippen LogP contribution < -0.4 is 10.5 Å². The lowest BCUT2D eigenvalue weighted by molar-refractivity contribution is 0.160. The summed E-state index contributed by atoms with van der Waals surface area (Å²) in [6.07, 6.45) is 0.311. The minimum atomic E-state index is -0.354. The third-order valence-electron chi connectivity index (χ3n) is 3.69. The predicted octanol–water partition coefficient (Wildman–Crippen LogP) is 3.80. The quantitative estimate of drug-likeness (QED) is 0.859. The van der Waals surface area contributed by atoms with E-state index in [-0.39, 0.29) is 23.8 Å². The molecule has 1 aliphatic rings. The molecular formula is C16H15F2NO. The normalized spacial score (nSPS) is 21.2. The van der Waals surface area contributed by atoms with E-state index in [1.807, 2.05) is 6.92 Å². The minimum absolute atomic E-state index is 0.214. The van der Waals surface area contributed by atoms with E-state index in [1.165, 1.54) is 24.3 Å². The average molecular weight is 275 g/mol. The second kappa shape index (κ2) is 4.87. The number of halogens is 2. The van der Waals surface area contributed by atoms with E-state index in [4.69, 9.17) is 10.5 Å². The highest BCUT2D eigenvalue weighted by Gasteiger charge is 2.28. The molecule has 4 heteroatoms. The van der Waals surface area contributed by atoms with Crippen molar-refractivity contribution < 1.29 is 13.5 Å². The summed E-state index contributed by atoms with van der Waals surface area (Å²) in [5.41, 5.74) is 8.63. The van der Waals surface area contributed by atoms with Crippen molar-refractivity contribution in [1.82, 2.24) is 0 Å². The van der Waals surface area contributed by atoms with Crippen LogP contribution in [-0.2, 0) is 0 Å². The maximum atomic E-state index is 13.3. The summed E-state index contributed by atoms with van der Waals surface area (Å²) in [7, 11) is 0. The van der Waals surface area contributed by atoms with Gasteiger partial charge in [0.15, 0.2) is 0 Å². The maximum Gasteiger partial charge on any atom is 0.127 e. The molecule has 0 saturated carbocycles. The number of hydrogen-bond donors (Lipinski definition) is 1. The fourth-order valence-electron chi connectivity index (χ4n) is 2.67. The monoisotopic (exact) mass is 275 g/mol.